The molecule has 2 heterocycles. The number of nitrogens with zero attached hydrogens (tertiary/aromatic N) is 2. The van der Waals surface area contributed by atoms with Gasteiger partial charge in [0.2, 0.25) is 0 Å². The first kappa shape index (κ1) is 12.2. The smallest absolute Gasteiger partial charge is 0.127 e. The van der Waals surface area contributed by atoms with Crippen molar-refractivity contribution in [1.82, 2.24) is 4.98 Å². The van der Waals surface area contributed by atoms with Crippen LogP contribution in [0, 0.1) is 5.92 Å². The monoisotopic (exact) mass is 235 g/mol. The van der Waals surface area contributed by atoms with Crippen LogP contribution in [0.2, 0.25) is 0 Å². The Morgan fingerprint density at radius 3 is 3.12 bits per heavy atom. The summed E-state index contributed by atoms with van der Waals surface area (Å²) in [4.78, 5) is 6.59. The summed E-state index contributed by atoms with van der Waals surface area (Å²) in [5.74, 6) is 1.25. The van der Waals surface area contributed by atoms with Gasteiger partial charge in [-0.05, 0) is 25.3 Å². The van der Waals surface area contributed by atoms with E-state index < -0.39 is 0 Å². The van der Waals surface area contributed by atoms with E-state index in [1.54, 1.807) is 0 Å². The molecule has 0 aromatic carbocycles. The zero-order valence-corrected chi connectivity index (χ0v) is 10.6. The van der Waals surface area contributed by atoms with Crippen LogP contribution in [0.15, 0.2) is 18.3 Å². The van der Waals surface area contributed by atoms with Crippen molar-refractivity contribution in [1.29, 1.82) is 0 Å². The third-order valence-electron chi connectivity index (χ3n) is 3.33. The van der Waals surface area contributed by atoms with E-state index >= 15 is 0 Å². The van der Waals surface area contributed by atoms with E-state index in [0.29, 0.717) is 5.92 Å². The molecule has 1 aliphatic rings. The predicted molar refractivity (Wildman–Crippen MR) is 70.4 cm³/mol. The summed E-state index contributed by atoms with van der Waals surface area (Å²) in [7, 11) is 0. The molecule has 4 heteroatoms. The fourth-order valence-corrected chi connectivity index (χ4v) is 2.26. The van der Waals surface area contributed by atoms with Gasteiger partial charge in [-0.15, -0.1) is 0 Å². The standard InChI is InChI=1S/C13H21N3O/c1-3-14-13-8-11(4-6-15-13)16-7-5-12(17)10(2)9-16/h4,6,8,10,12,17H,3,5,7,9H2,1-2H3,(H,14,15). The van der Waals surface area contributed by atoms with Gasteiger partial charge in [-0.1, -0.05) is 6.92 Å². The van der Waals surface area contributed by atoms with E-state index in [1.807, 2.05) is 12.3 Å². The van der Waals surface area contributed by atoms with Gasteiger partial charge in [0.05, 0.1) is 6.10 Å². The van der Waals surface area contributed by atoms with E-state index in [0.717, 1.165) is 31.9 Å². The molecule has 1 aliphatic heterocycles. The van der Waals surface area contributed by atoms with Gasteiger partial charge in [-0.25, -0.2) is 4.98 Å². The fraction of sp³-hybridized carbons (Fsp3) is 0.615. The molecule has 2 rings (SSSR count). The highest BCUT2D eigenvalue weighted by molar-refractivity contribution is 5.54. The van der Waals surface area contributed by atoms with Gasteiger partial charge in [0.25, 0.3) is 0 Å². The average molecular weight is 235 g/mol. The summed E-state index contributed by atoms with van der Waals surface area (Å²) in [6, 6.07) is 4.11. The Bertz CT molecular complexity index is 369. The predicted octanol–water partition coefficient (Wildman–Crippen LogP) is 1.72. The second kappa shape index (κ2) is 5.36. The summed E-state index contributed by atoms with van der Waals surface area (Å²) in [5.41, 5.74) is 1.19. The van der Waals surface area contributed by atoms with Crippen molar-refractivity contribution in [3.63, 3.8) is 0 Å². The lowest BCUT2D eigenvalue weighted by atomic mass is 9.96. The molecule has 0 amide bonds. The van der Waals surface area contributed by atoms with Crippen LogP contribution in [-0.4, -0.2) is 35.8 Å². The van der Waals surface area contributed by atoms with Crippen LogP contribution in [0.4, 0.5) is 11.5 Å². The van der Waals surface area contributed by atoms with Crippen molar-refractivity contribution in [2.45, 2.75) is 26.4 Å². The Morgan fingerprint density at radius 2 is 2.41 bits per heavy atom. The van der Waals surface area contributed by atoms with Gasteiger partial charge in [-0.2, -0.15) is 0 Å². The van der Waals surface area contributed by atoms with E-state index in [2.05, 4.69) is 35.1 Å². The van der Waals surface area contributed by atoms with Crippen LogP contribution in [0.1, 0.15) is 20.3 Å². The Kier molecular flexibility index (Phi) is 3.84. The third-order valence-corrected chi connectivity index (χ3v) is 3.33. The number of anilines is 2. The van der Waals surface area contributed by atoms with Crippen LogP contribution in [0.3, 0.4) is 0 Å². The lowest BCUT2D eigenvalue weighted by Crippen LogP contribution is -2.41. The van der Waals surface area contributed by atoms with Gasteiger partial charge >= 0.3 is 0 Å². The van der Waals surface area contributed by atoms with Gasteiger partial charge in [-0.3, -0.25) is 0 Å². The average Bonchev–Trinajstić information content (AvgIpc) is 2.33. The molecule has 0 bridgehead atoms. The molecule has 1 aromatic heterocycles. The van der Waals surface area contributed by atoms with Crippen molar-refractivity contribution >= 4 is 11.5 Å². The Morgan fingerprint density at radius 1 is 1.59 bits per heavy atom. The maximum absolute atomic E-state index is 9.73. The zero-order chi connectivity index (χ0) is 12.3. The number of piperidine rings is 1. The molecule has 2 N–H and O–H groups in total. The molecule has 94 valence electrons. The number of pyridine rings is 1. The highest BCUT2D eigenvalue weighted by atomic mass is 16.3. The first-order valence-corrected chi connectivity index (χ1v) is 6.33. The number of nitrogens with one attached hydrogen (secondary N) is 1. The number of hydrogen-bond donors (Lipinski definition) is 2. The van der Waals surface area contributed by atoms with Crippen LogP contribution in [-0.2, 0) is 0 Å². The number of rotatable bonds is 3. The highest BCUT2D eigenvalue weighted by Crippen LogP contribution is 2.24. The van der Waals surface area contributed by atoms with Crippen molar-refractivity contribution < 1.29 is 5.11 Å². The van der Waals surface area contributed by atoms with Crippen molar-refractivity contribution in [3.8, 4) is 0 Å². The molecular weight excluding hydrogens is 214 g/mol. The minimum absolute atomic E-state index is 0.152. The van der Waals surface area contributed by atoms with E-state index in [-0.39, 0.29) is 6.10 Å². The lowest BCUT2D eigenvalue weighted by Gasteiger charge is -2.36. The van der Waals surface area contributed by atoms with Crippen LogP contribution in [0.25, 0.3) is 0 Å². The van der Waals surface area contributed by atoms with Gasteiger partial charge in [0.1, 0.15) is 5.82 Å². The maximum atomic E-state index is 9.73. The van der Waals surface area contributed by atoms with Crippen molar-refractivity contribution in [2.75, 3.05) is 29.9 Å². The van der Waals surface area contributed by atoms with E-state index in [1.165, 1.54) is 5.69 Å². The largest absolute Gasteiger partial charge is 0.393 e. The number of aromatic nitrogens is 1. The van der Waals surface area contributed by atoms with Gasteiger partial charge < -0.3 is 15.3 Å². The summed E-state index contributed by atoms with van der Waals surface area (Å²) in [5, 5.41) is 12.9. The molecule has 0 spiro atoms. The molecule has 1 aromatic rings. The Hall–Kier alpha value is -1.29. The third kappa shape index (κ3) is 2.88. The van der Waals surface area contributed by atoms with Crippen molar-refractivity contribution in [2.24, 2.45) is 5.92 Å². The summed E-state index contributed by atoms with van der Waals surface area (Å²) < 4.78 is 0. The minimum atomic E-state index is -0.152. The van der Waals surface area contributed by atoms with E-state index in [9.17, 15) is 5.11 Å². The van der Waals surface area contributed by atoms with Gasteiger partial charge in [0, 0.05) is 37.6 Å². The second-order valence-corrected chi connectivity index (χ2v) is 4.71. The maximum Gasteiger partial charge on any atom is 0.127 e. The normalized spacial score (nSPS) is 24.8. The summed E-state index contributed by atoms with van der Waals surface area (Å²) in [6.07, 6.45) is 2.53. The molecule has 1 fully saturated rings. The van der Waals surface area contributed by atoms with Gasteiger partial charge in [0.15, 0.2) is 0 Å². The first-order valence-electron chi connectivity index (χ1n) is 6.33. The number of hydrogen-bond acceptors (Lipinski definition) is 4. The molecule has 2 unspecified atom stereocenters. The molecule has 4 nitrogen and oxygen atoms in total. The molecule has 0 saturated carbocycles. The second-order valence-electron chi connectivity index (χ2n) is 4.71. The highest BCUT2D eigenvalue weighted by Gasteiger charge is 2.24. The fourth-order valence-electron chi connectivity index (χ4n) is 2.26. The Balaban J connectivity index is 2.09. The first-order chi connectivity index (χ1) is 8.20. The van der Waals surface area contributed by atoms with E-state index in [4.69, 9.17) is 0 Å². The van der Waals surface area contributed by atoms with Crippen LogP contribution < -0.4 is 10.2 Å². The quantitative estimate of drug-likeness (QED) is 0.837. The minimum Gasteiger partial charge on any atom is -0.393 e. The number of aliphatic hydroxyl groups is 1. The summed E-state index contributed by atoms with van der Waals surface area (Å²) >= 11 is 0. The molecule has 17 heavy (non-hydrogen) atoms. The lowest BCUT2D eigenvalue weighted by molar-refractivity contribution is 0.0971. The van der Waals surface area contributed by atoms with Crippen molar-refractivity contribution in [3.05, 3.63) is 18.3 Å². The SMILES string of the molecule is CCNc1cc(N2CCC(O)C(C)C2)ccn1. The molecular formula is C13H21N3O. The van der Waals surface area contributed by atoms with Crippen LogP contribution in [0.5, 0.6) is 0 Å². The molecule has 2 atom stereocenters. The topological polar surface area (TPSA) is 48.4 Å². The van der Waals surface area contributed by atoms with Crippen LogP contribution >= 0.6 is 0 Å². The Labute approximate surface area is 103 Å². The number of aliphatic hydroxyl groups excluding tert-OH is 1. The zero-order valence-electron chi connectivity index (χ0n) is 10.6. The summed E-state index contributed by atoms with van der Waals surface area (Å²) in [6.45, 7) is 6.88. The molecule has 1 saturated heterocycles. The molecule has 0 aliphatic carbocycles. The molecule has 0 radical (unpaired) electrons.